The van der Waals surface area contributed by atoms with E-state index in [9.17, 15) is 0 Å². The van der Waals surface area contributed by atoms with Crippen LogP contribution in [0.4, 0.5) is 0 Å². The van der Waals surface area contributed by atoms with Gasteiger partial charge in [-0.1, -0.05) is 12.1 Å². The van der Waals surface area contributed by atoms with Crippen LogP contribution in [-0.2, 0) is 6.54 Å². The zero-order chi connectivity index (χ0) is 22.2. The second-order valence-corrected chi connectivity index (χ2v) is 7.57. The van der Waals surface area contributed by atoms with Crippen LogP contribution in [0.3, 0.4) is 0 Å². The number of hydrazone groups is 2. The Morgan fingerprint density at radius 1 is 0.806 bits per heavy atom. The molecule has 3 aromatic rings. The first kappa shape index (κ1) is 22.6. The summed E-state index contributed by atoms with van der Waals surface area (Å²) >= 11 is 10.3. The van der Waals surface area contributed by atoms with E-state index in [0.717, 1.165) is 30.8 Å². The molecule has 1 aromatic heterocycles. The topological polar surface area (TPSA) is 77.8 Å². The third kappa shape index (κ3) is 5.56. The highest BCUT2D eigenvalue weighted by Crippen LogP contribution is 2.30. The summed E-state index contributed by atoms with van der Waals surface area (Å²) in [6, 6.07) is 12.7. The number of hydrogen-bond acceptors (Lipinski definition) is 4. The molecule has 0 spiro atoms. The summed E-state index contributed by atoms with van der Waals surface area (Å²) in [4.78, 5) is 0. The molecule has 0 saturated carbocycles. The highest BCUT2D eigenvalue weighted by Gasteiger charge is 2.10. The first-order valence-corrected chi connectivity index (χ1v) is 11.1. The van der Waals surface area contributed by atoms with Crippen molar-refractivity contribution in [1.82, 2.24) is 26.1 Å². The lowest BCUT2D eigenvalue weighted by Crippen LogP contribution is -2.31. The molecule has 0 radical (unpaired) electrons. The molecule has 31 heavy (non-hydrogen) atoms. The molecule has 3 rings (SSSR count). The summed E-state index contributed by atoms with van der Waals surface area (Å²) in [7, 11) is 0. The standard InChI is InChI=1S/C22H27N7S2/c1-4-23-21(30)27-25-13-15-7-9-19-17(11-15)18-12-16(8-10-20(18)29(19)6-3)14-26-28-22(31)24-5-2/h7-14H,4-6H2,1-3H3,(H2,23,27,30)(H2,24,28,31)/b25-13+,26-14+. The molecule has 1 heterocycles. The minimum atomic E-state index is 0.508. The molecule has 2 aromatic carbocycles. The number of nitrogens with one attached hydrogen (secondary N) is 4. The van der Waals surface area contributed by atoms with Crippen LogP contribution in [0, 0.1) is 0 Å². The van der Waals surface area contributed by atoms with E-state index >= 15 is 0 Å². The van der Waals surface area contributed by atoms with Crippen molar-refractivity contribution >= 4 is 68.9 Å². The molecule has 0 bridgehead atoms. The molecule has 9 heteroatoms. The summed E-state index contributed by atoms with van der Waals surface area (Å²) in [5.74, 6) is 0. The molecule has 0 aliphatic carbocycles. The van der Waals surface area contributed by atoms with Gasteiger partial charge in [-0.2, -0.15) is 10.2 Å². The van der Waals surface area contributed by atoms with Crippen LogP contribution >= 0.6 is 24.4 Å². The minimum Gasteiger partial charge on any atom is -0.362 e. The van der Waals surface area contributed by atoms with Crippen LogP contribution in [0.2, 0.25) is 0 Å². The summed E-state index contributed by atoms with van der Waals surface area (Å²) in [5, 5.41) is 17.8. The van der Waals surface area contributed by atoms with Gasteiger partial charge in [0.1, 0.15) is 0 Å². The van der Waals surface area contributed by atoms with E-state index in [1.54, 1.807) is 12.4 Å². The zero-order valence-corrected chi connectivity index (χ0v) is 19.5. The summed E-state index contributed by atoms with van der Waals surface area (Å²) in [6.45, 7) is 8.53. The number of benzene rings is 2. The van der Waals surface area contributed by atoms with Gasteiger partial charge in [0.05, 0.1) is 12.4 Å². The molecule has 162 valence electrons. The lowest BCUT2D eigenvalue weighted by atomic mass is 10.1. The number of aromatic nitrogens is 1. The van der Waals surface area contributed by atoms with E-state index in [2.05, 4.69) is 79.6 Å². The predicted octanol–water partition coefficient (Wildman–Crippen LogP) is 3.45. The van der Waals surface area contributed by atoms with Gasteiger partial charge >= 0.3 is 0 Å². The van der Waals surface area contributed by atoms with Gasteiger partial charge < -0.3 is 15.2 Å². The molecule has 7 nitrogen and oxygen atoms in total. The van der Waals surface area contributed by atoms with Gasteiger partial charge in [0, 0.05) is 41.4 Å². The van der Waals surface area contributed by atoms with Gasteiger partial charge in [0.2, 0.25) is 0 Å². The van der Waals surface area contributed by atoms with E-state index in [4.69, 9.17) is 24.4 Å². The number of rotatable bonds is 7. The van der Waals surface area contributed by atoms with E-state index in [1.807, 2.05) is 13.8 Å². The van der Waals surface area contributed by atoms with Gasteiger partial charge in [-0.05, 0) is 80.6 Å². The van der Waals surface area contributed by atoms with Gasteiger partial charge in [-0.15, -0.1) is 0 Å². The number of nitrogens with zero attached hydrogens (tertiary/aromatic N) is 3. The van der Waals surface area contributed by atoms with Crippen molar-refractivity contribution in [2.45, 2.75) is 27.3 Å². The van der Waals surface area contributed by atoms with Gasteiger partial charge in [-0.3, -0.25) is 10.9 Å². The second kappa shape index (κ2) is 10.8. The van der Waals surface area contributed by atoms with Gasteiger partial charge in [0.15, 0.2) is 10.2 Å². The highest BCUT2D eigenvalue weighted by atomic mass is 32.1. The highest BCUT2D eigenvalue weighted by molar-refractivity contribution is 7.80. The van der Waals surface area contributed by atoms with Crippen molar-refractivity contribution in [2.24, 2.45) is 10.2 Å². The first-order valence-electron chi connectivity index (χ1n) is 10.3. The maximum absolute atomic E-state index is 5.14. The zero-order valence-electron chi connectivity index (χ0n) is 17.9. The van der Waals surface area contributed by atoms with E-state index < -0.39 is 0 Å². The van der Waals surface area contributed by atoms with E-state index in [1.165, 1.54) is 21.8 Å². The largest absolute Gasteiger partial charge is 0.362 e. The fraction of sp³-hybridized carbons (Fsp3) is 0.273. The summed E-state index contributed by atoms with van der Waals surface area (Å²) < 4.78 is 2.31. The van der Waals surface area contributed by atoms with E-state index in [-0.39, 0.29) is 0 Å². The maximum Gasteiger partial charge on any atom is 0.186 e. The molecular weight excluding hydrogens is 426 g/mol. The average Bonchev–Trinajstić information content (AvgIpc) is 3.06. The molecular formula is C22H27N7S2. The monoisotopic (exact) mass is 453 g/mol. The Hall–Kier alpha value is -3.04. The fourth-order valence-corrected chi connectivity index (χ4v) is 3.77. The Balaban J connectivity index is 1.92. The molecule has 0 unspecified atom stereocenters. The molecule has 0 aliphatic heterocycles. The van der Waals surface area contributed by atoms with Crippen LogP contribution in [0.1, 0.15) is 31.9 Å². The van der Waals surface area contributed by atoms with Crippen LogP contribution in [0.15, 0.2) is 46.6 Å². The maximum atomic E-state index is 5.14. The molecule has 4 N–H and O–H groups in total. The van der Waals surface area contributed by atoms with E-state index in [0.29, 0.717) is 10.2 Å². The molecule has 0 aliphatic rings. The number of hydrogen-bond donors (Lipinski definition) is 4. The fourth-order valence-electron chi connectivity index (χ4n) is 3.37. The van der Waals surface area contributed by atoms with Gasteiger partial charge in [-0.25, -0.2) is 0 Å². The minimum absolute atomic E-state index is 0.508. The van der Waals surface area contributed by atoms with Crippen LogP contribution in [0.5, 0.6) is 0 Å². The van der Waals surface area contributed by atoms with Crippen LogP contribution < -0.4 is 21.5 Å². The normalized spacial score (nSPS) is 11.5. The lowest BCUT2D eigenvalue weighted by molar-refractivity contribution is 0.827. The summed E-state index contributed by atoms with van der Waals surface area (Å²) in [6.07, 6.45) is 3.55. The third-order valence-corrected chi connectivity index (χ3v) is 5.13. The molecule has 0 amide bonds. The number of thiocarbonyl (C=S) groups is 2. The Labute approximate surface area is 193 Å². The third-order valence-electron chi connectivity index (χ3n) is 4.66. The molecule has 0 fully saturated rings. The summed E-state index contributed by atoms with van der Waals surface area (Å²) in [5.41, 5.74) is 10.0. The smallest absolute Gasteiger partial charge is 0.186 e. The predicted molar refractivity (Wildman–Crippen MR) is 139 cm³/mol. The Kier molecular flexibility index (Phi) is 7.91. The van der Waals surface area contributed by atoms with Crippen molar-refractivity contribution in [3.8, 4) is 0 Å². The quantitative estimate of drug-likeness (QED) is 0.249. The van der Waals surface area contributed by atoms with Crippen molar-refractivity contribution in [3.63, 3.8) is 0 Å². The van der Waals surface area contributed by atoms with Crippen molar-refractivity contribution in [3.05, 3.63) is 47.5 Å². The Bertz CT molecular complexity index is 1060. The number of fused-ring (bicyclic) bond motifs is 3. The first-order chi connectivity index (χ1) is 15.1. The van der Waals surface area contributed by atoms with Crippen molar-refractivity contribution in [2.75, 3.05) is 13.1 Å². The molecule has 0 atom stereocenters. The lowest BCUT2D eigenvalue weighted by Gasteiger charge is -2.04. The van der Waals surface area contributed by atoms with Crippen LogP contribution in [0.25, 0.3) is 21.8 Å². The Morgan fingerprint density at radius 3 is 1.65 bits per heavy atom. The number of aryl methyl sites for hydroxylation is 1. The SMILES string of the molecule is CCNC(=S)N/N=C/c1ccc2c(c1)c1cc(/C=N/NC(=S)NCC)ccc1n2CC. The van der Waals surface area contributed by atoms with Gasteiger partial charge in [0.25, 0.3) is 0 Å². The van der Waals surface area contributed by atoms with Crippen LogP contribution in [-0.4, -0.2) is 40.3 Å². The average molecular weight is 454 g/mol. The molecule has 0 saturated heterocycles. The van der Waals surface area contributed by atoms with Crippen molar-refractivity contribution in [1.29, 1.82) is 0 Å². The Morgan fingerprint density at radius 2 is 1.26 bits per heavy atom. The second-order valence-electron chi connectivity index (χ2n) is 6.76. The van der Waals surface area contributed by atoms with Crippen molar-refractivity contribution < 1.29 is 0 Å².